The number of hydrogen-bond donors (Lipinski definition) is 0. The molecule has 0 unspecified atom stereocenters. The van der Waals surface area contributed by atoms with Crippen LogP contribution in [0.15, 0.2) is 18.2 Å². The first-order valence-electron chi connectivity index (χ1n) is 8.69. The molecule has 0 spiro atoms. The molecule has 0 radical (unpaired) electrons. The summed E-state index contributed by atoms with van der Waals surface area (Å²) < 4.78 is 10.4. The maximum absolute atomic E-state index is 12.4. The molecule has 1 aromatic carbocycles. The number of benzene rings is 1. The molecule has 2 aliphatic rings. The van der Waals surface area contributed by atoms with Gasteiger partial charge < -0.3 is 9.47 Å². The first-order valence-corrected chi connectivity index (χ1v) is 8.69. The van der Waals surface area contributed by atoms with Gasteiger partial charge in [0.2, 0.25) is 11.8 Å². The summed E-state index contributed by atoms with van der Waals surface area (Å²) in [6.45, 7) is 0.0299. The van der Waals surface area contributed by atoms with Gasteiger partial charge >= 0.3 is 5.97 Å². The van der Waals surface area contributed by atoms with Gasteiger partial charge in [-0.25, -0.2) is 0 Å². The average Bonchev–Trinajstić information content (AvgIpc) is 2.91. The summed E-state index contributed by atoms with van der Waals surface area (Å²) >= 11 is 0. The minimum Gasteiger partial charge on any atom is -0.493 e. The lowest BCUT2D eigenvalue weighted by Gasteiger charge is -2.19. The van der Waals surface area contributed by atoms with E-state index in [0.717, 1.165) is 25.7 Å². The van der Waals surface area contributed by atoms with Crippen molar-refractivity contribution in [1.29, 1.82) is 5.26 Å². The Morgan fingerprint density at radius 3 is 2.42 bits per heavy atom. The van der Waals surface area contributed by atoms with Crippen LogP contribution in [0.25, 0.3) is 0 Å². The lowest BCUT2D eigenvalue weighted by atomic mass is 9.81. The average molecular weight is 356 g/mol. The van der Waals surface area contributed by atoms with E-state index in [-0.39, 0.29) is 48.1 Å². The van der Waals surface area contributed by atoms with Gasteiger partial charge in [0.25, 0.3) is 0 Å². The van der Waals surface area contributed by atoms with Crippen LogP contribution in [0.2, 0.25) is 0 Å². The van der Waals surface area contributed by atoms with Crippen molar-refractivity contribution in [3.05, 3.63) is 23.8 Å². The summed E-state index contributed by atoms with van der Waals surface area (Å²) in [7, 11) is 1.41. The first kappa shape index (κ1) is 17.9. The van der Waals surface area contributed by atoms with E-state index in [0.29, 0.717) is 5.56 Å². The lowest BCUT2D eigenvalue weighted by molar-refractivity contribution is -0.141. The van der Waals surface area contributed by atoms with Crippen LogP contribution in [-0.4, -0.2) is 36.3 Å². The second-order valence-corrected chi connectivity index (χ2v) is 6.53. The Labute approximate surface area is 151 Å². The van der Waals surface area contributed by atoms with Crippen molar-refractivity contribution in [2.24, 2.45) is 11.8 Å². The SMILES string of the molecule is COc1cc(C#N)ccc1OC(=O)CCN1C(=O)[C@H]2CCCC[C@@H]2C1=O. The van der Waals surface area contributed by atoms with E-state index in [4.69, 9.17) is 14.7 Å². The third-order valence-electron chi connectivity index (χ3n) is 4.99. The molecule has 7 nitrogen and oxygen atoms in total. The minimum absolute atomic E-state index is 0.0299. The molecule has 3 rings (SSSR count). The molecule has 2 amide bonds. The number of likely N-dealkylation sites (tertiary alicyclic amines) is 1. The Bertz CT molecular complexity index is 759. The second-order valence-electron chi connectivity index (χ2n) is 6.53. The fraction of sp³-hybridized carbons (Fsp3) is 0.474. The highest BCUT2D eigenvalue weighted by Crippen LogP contribution is 2.38. The van der Waals surface area contributed by atoms with Gasteiger partial charge in [0.05, 0.1) is 37.0 Å². The largest absolute Gasteiger partial charge is 0.493 e. The molecular formula is C19H20N2O5. The van der Waals surface area contributed by atoms with E-state index in [1.165, 1.54) is 30.2 Å². The smallest absolute Gasteiger partial charge is 0.313 e. The van der Waals surface area contributed by atoms with Gasteiger partial charge in [0, 0.05) is 12.6 Å². The maximum atomic E-state index is 12.4. The molecule has 26 heavy (non-hydrogen) atoms. The van der Waals surface area contributed by atoms with Gasteiger partial charge in [0.1, 0.15) is 0 Å². The van der Waals surface area contributed by atoms with E-state index in [1.807, 2.05) is 6.07 Å². The first-order chi connectivity index (χ1) is 12.5. The molecule has 0 N–H and O–H groups in total. The molecular weight excluding hydrogens is 336 g/mol. The summed E-state index contributed by atoms with van der Waals surface area (Å²) in [4.78, 5) is 38.1. The van der Waals surface area contributed by atoms with Gasteiger partial charge in [-0.15, -0.1) is 0 Å². The number of nitriles is 1. The normalized spacial score (nSPS) is 21.9. The van der Waals surface area contributed by atoms with Crippen molar-refractivity contribution < 1.29 is 23.9 Å². The highest BCUT2D eigenvalue weighted by molar-refractivity contribution is 6.05. The number of nitrogens with zero attached hydrogens (tertiary/aromatic N) is 2. The highest BCUT2D eigenvalue weighted by atomic mass is 16.6. The Hall–Kier alpha value is -2.88. The van der Waals surface area contributed by atoms with E-state index in [1.54, 1.807) is 0 Å². The zero-order chi connectivity index (χ0) is 18.7. The van der Waals surface area contributed by atoms with Crippen LogP contribution in [0, 0.1) is 23.2 Å². The second kappa shape index (κ2) is 7.56. The van der Waals surface area contributed by atoms with Crippen molar-refractivity contribution in [3.8, 4) is 17.6 Å². The van der Waals surface area contributed by atoms with Crippen LogP contribution in [-0.2, 0) is 14.4 Å². The van der Waals surface area contributed by atoms with Gasteiger partial charge in [-0.1, -0.05) is 12.8 Å². The van der Waals surface area contributed by atoms with Crippen molar-refractivity contribution >= 4 is 17.8 Å². The number of carbonyl (C=O) groups is 3. The molecule has 0 bridgehead atoms. The molecule has 2 fully saturated rings. The predicted molar refractivity (Wildman–Crippen MR) is 90.1 cm³/mol. The number of esters is 1. The monoisotopic (exact) mass is 356 g/mol. The van der Waals surface area contributed by atoms with Crippen LogP contribution >= 0.6 is 0 Å². The number of rotatable bonds is 5. The number of ether oxygens (including phenoxy) is 2. The van der Waals surface area contributed by atoms with Crippen LogP contribution in [0.1, 0.15) is 37.7 Å². The van der Waals surface area contributed by atoms with Crippen LogP contribution in [0.3, 0.4) is 0 Å². The zero-order valence-corrected chi connectivity index (χ0v) is 14.6. The fourth-order valence-corrected chi connectivity index (χ4v) is 3.65. The van der Waals surface area contributed by atoms with Gasteiger partial charge in [-0.05, 0) is 25.0 Å². The topological polar surface area (TPSA) is 96.7 Å². The Morgan fingerprint density at radius 1 is 1.19 bits per heavy atom. The fourth-order valence-electron chi connectivity index (χ4n) is 3.65. The Morgan fingerprint density at radius 2 is 1.85 bits per heavy atom. The van der Waals surface area contributed by atoms with E-state index in [2.05, 4.69) is 0 Å². The highest BCUT2D eigenvalue weighted by Gasteiger charge is 2.47. The van der Waals surface area contributed by atoms with Crippen LogP contribution in [0.4, 0.5) is 0 Å². The van der Waals surface area contributed by atoms with Crippen molar-refractivity contribution in [3.63, 3.8) is 0 Å². The minimum atomic E-state index is -0.566. The molecule has 2 atom stereocenters. The standard InChI is InChI=1S/C19H20N2O5/c1-25-16-10-12(11-20)6-7-15(16)26-17(22)8-9-21-18(23)13-4-2-3-5-14(13)19(21)24/h6-7,10,13-14H,2-5,8-9H2,1H3/t13-,14-/m0/s1. The molecule has 136 valence electrons. The van der Waals surface area contributed by atoms with Crippen LogP contribution < -0.4 is 9.47 Å². The molecule has 1 aromatic rings. The Kier molecular flexibility index (Phi) is 5.21. The van der Waals surface area contributed by atoms with E-state index >= 15 is 0 Å². The van der Waals surface area contributed by atoms with Crippen molar-refractivity contribution in [2.45, 2.75) is 32.1 Å². The summed E-state index contributed by atoms with van der Waals surface area (Å²) in [5, 5.41) is 8.89. The summed E-state index contributed by atoms with van der Waals surface area (Å²) in [5.74, 6) is -0.854. The van der Waals surface area contributed by atoms with Gasteiger partial charge in [-0.2, -0.15) is 5.26 Å². The summed E-state index contributed by atoms with van der Waals surface area (Å²) in [6.07, 6.45) is 3.35. The van der Waals surface area contributed by atoms with Crippen molar-refractivity contribution in [1.82, 2.24) is 4.90 Å². The third-order valence-corrected chi connectivity index (χ3v) is 4.99. The molecule has 1 heterocycles. The number of fused-ring (bicyclic) bond motifs is 1. The number of amides is 2. The Balaban J connectivity index is 1.60. The quantitative estimate of drug-likeness (QED) is 0.455. The van der Waals surface area contributed by atoms with Crippen LogP contribution in [0.5, 0.6) is 11.5 Å². The van der Waals surface area contributed by atoms with E-state index < -0.39 is 5.97 Å². The summed E-state index contributed by atoms with van der Waals surface area (Å²) in [5.41, 5.74) is 0.387. The molecule has 1 aliphatic carbocycles. The molecule has 1 saturated carbocycles. The molecule has 1 aliphatic heterocycles. The van der Waals surface area contributed by atoms with Gasteiger partial charge in [0.15, 0.2) is 11.5 Å². The molecule has 7 heteroatoms. The number of carbonyl (C=O) groups excluding carboxylic acids is 3. The molecule has 0 aromatic heterocycles. The molecule has 1 saturated heterocycles. The van der Waals surface area contributed by atoms with Gasteiger partial charge in [-0.3, -0.25) is 19.3 Å². The predicted octanol–water partition coefficient (Wildman–Crippen LogP) is 2.04. The third kappa shape index (κ3) is 3.40. The summed E-state index contributed by atoms with van der Waals surface area (Å²) in [6, 6.07) is 6.45. The lowest BCUT2D eigenvalue weighted by Crippen LogP contribution is -2.33. The maximum Gasteiger partial charge on any atom is 0.313 e. The number of methoxy groups -OCH3 is 1. The number of imide groups is 1. The number of hydrogen-bond acceptors (Lipinski definition) is 6. The van der Waals surface area contributed by atoms with E-state index in [9.17, 15) is 14.4 Å². The zero-order valence-electron chi connectivity index (χ0n) is 14.6. The van der Waals surface area contributed by atoms with Crippen molar-refractivity contribution in [2.75, 3.05) is 13.7 Å².